The molecule has 1 atom stereocenters. The molecule has 0 aliphatic heterocycles. The molecule has 2 rings (SSSR count). The largest absolute Gasteiger partial charge is 0.459 e. The summed E-state index contributed by atoms with van der Waals surface area (Å²) in [4.78, 5) is 24.7. The summed E-state index contributed by atoms with van der Waals surface area (Å²) in [6, 6.07) is 14.1. The summed E-state index contributed by atoms with van der Waals surface area (Å²) in [5, 5.41) is 0. The Balaban J connectivity index is 1.83. The summed E-state index contributed by atoms with van der Waals surface area (Å²) in [5.74, 6) is -0.350. The van der Waals surface area contributed by atoms with Crippen LogP contribution in [0.3, 0.4) is 0 Å². The van der Waals surface area contributed by atoms with Crippen molar-refractivity contribution in [2.75, 3.05) is 0 Å². The van der Waals surface area contributed by atoms with Gasteiger partial charge in [-0.2, -0.15) is 0 Å². The molecule has 0 aliphatic carbocycles. The van der Waals surface area contributed by atoms with E-state index in [0.717, 1.165) is 25.7 Å². The fourth-order valence-corrected chi connectivity index (χ4v) is 3.38. The second kappa shape index (κ2) is 13.6. The van der Waals surface area contributed by atoms with Gasteiger partial charge in [0.1, 0.15) is 5.75 Å². The Hall–Kier alpha value is -2.62. The molecule has 0 radical (unpaired) electrons. The molecule has 4 nitrogen and oxygen atoms in total. The van der Waals surface area contributed by atoms with E-state index in [1.807, 2.05) is 19.1 Å². The zero-order valence-corrected chi connectivity index (χ0v) is 19.2. The highest BCUT2D eigenvalue weighted by molar-refractivity contribution is 5.92. The zero-order chi connectivity index (χ0) is 22.5. The number of carbonyl (C=O) groups is 2. The van der Waals surface area contributed by atoms with Crippen molar-refractivity contribution >= 4 is 11.9 Å². The zero-order valence-electron chi connectivity index (χ0n) is 19.2. The average Bonchev–Trinajstić information content (AvgIpc) is 2.78. The van der Waals surface area contributed by atoms with E-state index < -0.39 is 5.97 Å². The van der Waals surface area contributed by atoms with E-state index >= 15 is 0 Å². The van der Waals surface area contributed by atoms with Crippen LogP contribution in [-0.4, -0.2) is 18.0 Å². The van der Waals surface area contributed by atoms with Crippen molar-refractivity contribution in [1.29, 1.82) is 0 Å². The number of aryl methyl sites for hydroxylation is 1. The molecule has 31 heavy (non-hydrogen) atoms. The maximum Gasteiger partial charge on any atom is 0.343 e. The molecule has 0 fully saturated rings. The molecular weight excluding hydrogens is 388 g/mol. The van der Waals surface area contributed by atoms with Crippen LogP contribution in [-0.2, 0) is 11.2 Å². The predicted molar refractivity (Wildman–Crippen MR) is 125 cm³/mol. The Morgan fingerprint density at radius 2 is 1.32 bits per heavy atom. The first-order valence-corrected chi connectivity index (χ1v) is 11.7. The van der Waals surface area contributed by atoms with Gasteiger partial charge in [-0.15, -0.1) is 0 Å². The first kappa shape index (κ1) is 24.6. The normalized spacial score (nSPS) is 11.7. The van der Waals surface area contributed by atoms with Crippen LogP contribution in [0.5, 0.6) is 5.75 Å². The van der Waals surface area contributed by atoms with Gasteiger partial charge in [0.2, 0.25) is 0 Å². The minimum atomic E-state index is -0.406. The molecule has 2 aromatic rings. The Morgan fingerprint density at radius 1 is 0.742 bits per heavy atom. The number of rotatable bonds is 13. The Morgan fingerprint density at radius 3 is 1.97 bits per heavy atom. The molecule has 0 heterocycles. The van der Waals surface area contributed by atoms with Crippen LogP contribution < -0.4 is 4.74 Å². The van der Waals surface area contributed by atoms with Crippen molar-refractivity contribution < 1.29 is 19.1 Å². The van der Waals surface area contributed by atoms with Gasteiger partial charge < -0.3 is 9.47 Å². The van der Waals surface area contributed by atoms with E-state index in [0.29, 0.717) is 16.9 Å². The number of benzene rings is 2. The lowest BCUT2D eigenvalue weighted by Gasteiger charge is -2.13. The SMILES string of the molecule is CCCCCCC(C)OC(=O)c1ccc(OC(=O)c2ccc(CCCCC)cc2)cc1. The molecule has 0 aliphatic rings. The molecule has 0 spiro atoms. The van der Waals surface area contributed by atoms with Crippen LogP contribution in [0.1, 0.15) is 98.4 Å². The molecule has 0 aromatic heterocycles. The number of hydrogen-bond donors (Lipinski definition) is 0. The summed E-state index contributed by atoms with van der Waals surface area (Å²) >= 11 is 0. The van der Waals surface area contributed by atoms with E-state index in [2.05, 4.69) is 13.8 Å². The maximum atomic E-state index is 12.4. The summed E-state index contributed by atoms with van der Waals surface area (Å²) in [7, 11) is 0. The first-order valence-electron chi connectivity index (χ1n) is 11.7. The molecular formula is C27H36O4. The fourth-order valence-electron chi connectivity index (χ4n) is 3.38. The fraction of sp³-hybridized carbons (Fsp3) is 0.481. The lowest BCUT2D eigenvalue weighted by molar-refractivity contribution is 0.0319. The second-order valence-electron chi connectivity index (χ2n) is 8.13. The molecule has 2 aromatic carbocycles. The summed E-state index contributed by atoms with van der Waals surface area (Å²) < 4.78 is 10.9. The third-order valence-corrected chi connectivity index (χ3v) is 5.33. The second-order valence-corrected chi connectivity index (χ2v) is 8.13. The number of ether oxygens (including phenoxy) is 2. The van der Waals surface area contributed by atoms with Crippen molar-refractivity contribution in [3.8, 4) is 5.75 Å². The topological polar surface area (TPSA) is 52.6 Å². The quantitative estimate of drug-likeness (QED) is 0.194. The molecule has 0 N–H and O–H groups in total. The van der Waals surface area contributed by atoms with Gasteiger partial charge in [0.15, 0.2) is 0 Å². The van der Waals surface area contributed by atoms with Gasteiger partial charge in [-0.3, -0.25) is 0 Å². The van der Waals surface area contributed by atoms with E-state index in [1.165, 1.54) is 37.7 Å². The number of unbranched alkanes of at least 4 members (excludes halogenated alkanes) is 5. The summed E-state index contributed by atoms with van der Waals surface area (Å²) in [6.07, 6.45) is 10.00. The van der Waals surface area contributed by atoms with Crippen LogP contribution >= 0.6 is 0 Å². The molecule has 0 saturated carbocycles. The lowest BCUT2D eigenvalue weighted by atomic mass is 10.1. The van der Waals surface area contributed by atoms with Gasteiger partial charge in [-0.1, -0.05) is 58.1 Å². The average molecular weight is 425 g/mol. The smallest absolute Gasteiger partial charge is 0.343 e. The van der Waals surface area contributed by atoms with Crippen molar-refractivity contribution in [3.63, 3.8) is 0 Å². The van der Waals surface area contributed by atoms with Gasteiger partial charge in [-0.05, 0) is 74.6 Å². The van der Waals surface area contributed by atoms with Gasteiger partial charge in [0.25, 0.3) is 0 Å². The van der Waals surface area contributed by atoms with E-state index in [9.17, 15) is 9.59 Å². The summed E-state index contributed by atoms with van der Waals surface area (Å²) in [6.45, 7) is 6.29. The monoisotopic (exact) mass is 424 g/mol. The maximum absolute atomic E-state index is 12.4. The first-order chi connectivity index (χ1) is 15.0. The van der Waals surface area contributed by atoms with E-state index in [4.69, 9.17) is 9.47 Å². The van der Waals surface area contributed by atoms with Gasteiger partial charge in [0, 0.05) is 0 Å². The Bertz CT molecular complexity index is 793. The van der Waals surface area contributed by atoms with Crippen LogP contribution in [0.4, 0.5) is 0 Å². The van der Waals surface area contributed by atoms with Gasteiger partial charge >= 0.3 is 11.9 Å². The Kier molecular flexibility index (Phi) is 10.8. The van der Waals surface area contributed by atoms with Gasteiger partial charge in [-0.25, -0.2) is 9.59 Å². The molecule has 0 amide bonds. The van der Waals surface area contributed by atoms with Crippen molar-refractivity contribution in [1.82, 2.24) is 0 Å². The highest BCUT2D eigenvalue weighted by Crippen LogP contribution is 2.17. The number of carbonyl (C=O) groups excluding carboxylic acids is 2. The van der Waals surface area contributed by atoms with Crippen LogP contribution in [0, 0.1) is 0 Å². The van der Waals surface area contributed by atoms with Crippen molar-refractivity contribution in [2.24, 2.45) is 0 Å². The highest BCUT2D eigenvalue weighted by atomic mass is 16.5. The minimum absolute atomic E-state index is 0.105. The van der Waals surface area contributed by atoms with Crippen LogP contribution in [0.15, 0.2) is 48.5 Å². The predicted octanol–water partition coefficient (Wildman–Crippen LogP) is 7.15. The number of esters is 2. The molecule has 1 unspecified atom stereocenters. The van der Waals surface area contributed by atoms with Crippen LogP contribution in [0.2, 0.25) is 0 Å². The molecule has 168 valence electrons. The minimum Gasteiger partial charge on any atom is -0.459 e. The van der Waals surface area contributed by atoms with Crippen molar-refractivity contribution in [2.45, 2.75) is 84.7 Å². The highest BCUT2D eigenvalue weighted by Gasteiger charge is 2.13. The van der Waals surface area contributed by atoms with Crippen LogP contribution in [0.25, 0.3) is 0 Å². The number of hydrogen-bond acceptors (Lipinski definition) is 4. The lowest BCUT2D eigenvalue weighted by Crippen LogP contribution is -2.15. The van der Waals surface area contributed by atoms with E-state index in [1.54, 1.807) is 36.4 Å². The third-order valence-electron chi connectivity index (χ3n) is 5.33. The Labute approximate surface area is 187 Å². The van der Waals surface area contributed by atoms with Gasteiger partial charge in [0.05, 0.1) is 17.2 Å². The van der Waals surface area contributed by atoms with E-state index in [-0.39, 0.29) is 12.1 Å². The molecule has 4 heteroatoms. The third kappa shape index (κ3) is 8.95. The molecule has 0 saturated heterocycles. The van der Waals surface area contributed by atoms with Crippen molar-refractivity contribution in [3.05, 3.63) is 65.2 Å². The standard InChI is InChI=1S/C27H36O4/c1-4-6-8-10-11-21(3)30-26(28)24-17-19-25(20-18-24)31-27(29)23-15-13-22(14-16-23)12-9-7-5-2/h13-21H,4-12H2,1-3H3. The summed E-state index contributed by atoms with van der Waals surface area (Å²) in [5.41, 5.74) is 2.20. The molecule has 0 bridgehead atoms.